The van der Waals surface area contributed by atoms with E-state index in [9.17, 15) is 5.21 Å². The Hall–Kier alpha value is -0.810. The number of aromatic hydroxyl groups is 1. The van der Waals surface area contributed by atoms with E-state index in [1.807, 2.05) is 0 Å². The molecule has 0 saturated carbocycles. The van der Waals surface area contributed by atoms with Crippen LogP contribution in [0, 0.1) is 5.21 Å². The zero-order valence-electron chi connectivity index (χ0n) is 5.44. The van der Waals surface area contributed by atoms with Crippen molar-refractivity contribution in [3.63, 3.8) is 0 Å². The first kappa shape index (κ1) is 8.29. The minimum atomic E-state index is -2.13. The van der Waals surface area contributed by atoms with Gasteiger partial charge in [0.15, 0.2) is 5.75 Å². The molecule has 2 N–H and O–H groups in total. The third kappa shape index (κ3) is 1.81. The van der Waals surface area contributed by atoms with Crippen LogP contribution < -0.4 is 4.33 Å². The van der Waals surface area contributed by atoms with Crippen LogP contribution in [0.1, 0.15) is 0 Å². The molecule has 0 spiro atoms. The lowest BCUT2D eigenvalue weighted by Gasteiger charge is -2.22. The maximum Gasteiger partial charge on any atom is 0.226 e. The van der Waals surface area contributed by atoms with Crippen LogP contribution in [0.4, 0.5) is 5.69 Å². The van der Waals surface area contributed by atoms with Gasteiger partial charge in [0.1, 0.15) is 0 Å². The molecule has 0 saturated heterocycles. The van der Waals surface area contributed by atoms with E-state index < -0.39 is 4.33 Å². The van der Waals surface area contributed by atoms with Gasteiger partial charge in [-0.25, -0.2) is 0 Å². The standard InChI is InChI=1S/C6H6ClNO3/c7-8(10,11)5-3-1-2-4-6(5)9/h1-4,9-10H. The number of phenols is 1. The van der Waals surface area contributed by atoms with Crippen molar-refractivity contribution in [2.24, 2.45) is 0 Å². The maximum absolute atomic E-state index is 10.6. The van der Waals surface area contributed by atoms with Crippen LogP contribution in [0.2, 0.25) is 0 Å². The molecule has 0 aliphatic heterocycles. The van der Waals surface area contributed by atoms with E-state index in [2.05, 4.69) is 0 Å². The molecule has 0 aliphatic carbocycles. The first-order chi connectivity index (χ1) is 5.02. The van der Waals surface area contributed by atoms with Gasteiger partial charge in [-0.15, -0.1) is 0 Å². The second-order valence-corrected chi connectivity index (χ2v) is 2.45. The Morgan fingerprint density at radius 2 is 1.91 bits per heavy atom. The lowest BCUT2D eigenvalue weighted by atomic mass is 10.3. The Morgan fingerprint density at radius 1 is 1.36 bits per heavy atom. The van der Waals surface area contributed by atoms with Crippen molar-refractivity contribution < 1.29 is 10.3 Å². The lowest BCUT2D eigenvalue weighted by Crippen LogP contribution is -2.25. The van der Waals surface area contributed by atoms with Crippen molar-refractivity contribution in [1.82, 2.24) is 4.33 Å². The van der Waals surface area contributed by atoms with Crippen molar-refractivity contribution in [2.45, 2.75) is 0 Å². The topological polar surface area (TPSA) is 63.5 Å². The zero-order chi connectivity index (χ0) is 8.48. The Labute approximate surface area is 68.1 Å². The summed E-state index contributed by atoms with van der Waals surface area (Å²) >= 11 is 4.94. The molecule has 1 aromatic rings. The molecule has 0 amide bonds. The molecule has 1 rings (SSSR count). The van der Waals surface area contributed by atoms with Gasteiger partial charge < -0.3 is 10.3 Å². The molecule has 1 atom stereocenters. The molecule has 11 heavy (non-hydrogen) atoms. The predicted molar refractivity (Wildman–Crippen MR) is 40.9 cm³/mol. The van der Waals surface area contributed by atoms with E-state index in [-0.39, 0.29) is 11.4 Å². The van der Waals surface area contributed by atoms with Crippen LogP contribution in [0.15, 0.2) is 24.3 Å². The Morgan fingerprint density at radius 3 is 2.27 bits per heavy atom. The lowest BCUT2D eigenvalue weighted by molar-refractivity contribution is 0.0620. The summed E-state index contributed by atoms with van der Waals surface area (Å²) in [6.45, 7) is 0. The summed E-state index contributed by atoms with van der Waals surface area (Å²) in [5, 5.41) is 28.3. The minimum Gasteiger partial charge on any atom is -0.574 e. The molecule has 0 radical (unpaired) electrons. The van der Waals surface area contributed by atoms with Crippen LogP contribution in [-0.2, 0) is 0 Å². The number of phenolic OH excluding ortho intramolecular Hbond substituents is 1. The third-order valence-electron chi connectivity index (χ3n) is 1.18. The van der Waals surface area contributed by atoms with Gasteiger partial charge in [0.05, 0.1) is 0 Å². The summed E-state index contributed by atoms with van der Waals surface area (Å²) < 4.78 is -2.13. The first-order valence-corrected chi connectivity index (χ1v) is 3.16. The fourth-order valence-corrected chi connectivity index (χ4v) is 0.840. The van der Waals surface area contributed by atoms with Crippen LogP contribution in [0.5, 0.6) is 5.75 Å². The van der Waals surface area contributed by atoms with Crippen LogP contribution >= 0.6 is 11.8 Å². The van der Waals surface area contributed by atoms with E-state index in [0.717, 1.165) is 0 Å². The number of hydrogen-bond acceptors (Lipinski definition) is 3. The maximum atomic E-state index is 10.6. The second-order valence-electron chi connectivity index (χ2n) is 1.99. The highest BCUT2D eigenvalue weighted by molar-refractivity contribution is 6.20. The highest BCUT2D eigenvalue weighted by Crippen LogP contribution is 2.31. The fourth-order valence-electron chi connectivity index (χ4n) is 0.697. The van der Waals surface area contributed by atoms with Gasteiger partial charge in [-0.1, -0.05) is 16.5 Å². The van der Waals surface area contributed by atoms with Crippen molar-refractivity contribution in [3.8, 4) is 5.75 Å². The SMILES string of the molecule is [O-][N+](O)(Cl)c1ccccc1O. The van der Waals surface area contributed by atoms with Crippen LogP contribution in [-0.4, -0.2) is 10.3 Å². The largest absolute Gasteiger partial charge is 0.574 e. The molecular formula is C6H6ClNO3. The number of para-hydroxylation sites is 2. The van der Waals surface area contributed by atoms with Crippen molar-refractivity contribution in [3.05, 3.63) is 29.5 Å². The smallest absolute Gasteiger partial charge is 0.226 e. The molecule has 4 nitrogen and oxygen atoms in total. The van der Waals surface area contributed by atoms with E-state index in [4.69, 9.17) is 22.1 Å². The van der Waals surface area contributed by atoms with E-state index in [1.165, 1.54) is 24.3 Å². The molecule has 0 aromatic heterocycles. The Bertz CT molecular complexity index is 258. The van der Waals surface area contributed by atoms with Gasteiger partial charge in [0, 0.05) is 6.07 Å². The highest BCUT2D eigenvalue weighted by Gasteiger charge is 2.19. The molecular weight excluding hydrogens is 170 g/mol. The van der Waals surface area contributed by atoms with Gasteiger partial charge in [-0.3, -0.25) is 0 Å². The number of nitrogens with zero attached hydrogens (tertiary/aromatic N) is 1. The zero-order valence-corrected chi connectivity index (χ0v) is 6.19. The summed E-state index contributed by atoms with van der Waals surface area (Å²) in [6, 6.07) is 5.50. The van der Waals surface area contributed by atoms with Crippen molar-refractivity contribution in [1.29, 1.82) is 0 Å². The summed E-state index contributed by atoms with van der Waals surface area (Å²) in [5.74, 6) is -0.333. The minimum absolute atomic E-state index is 0.297. The number of rotatable bonds is 1. The van der Waals surface area contributed by atoms with Gasteiger partial charge in [0.2, 0.25) is 17.5 Å². The number of hydrogen-bond donors (Lipinski definition) is 2. The average Bonchev–Trinajstić information content (AvgIpc) is 1.86. The summed E-state index contributed by atoms with van der Waals surface area (Å²) in [7, 11) is 0. The van der Waals surface area contributed by atoms with Crippen LogP contribution in [0.3, 0.4) is 0 Å². The number of benzene rings is 1. The molecule has 1 aromatic carbocycles. The van der Waals surface area contributed by atoms with E-state index >= 15 is 0 Å². The molecule has 0 heterocycles. The molecule has 1 unspecified atom stereocenters. The predicted octanol–water partition coefficient (Wildman–Crippen LogP) is 1.74. The first-order valence-electron chi connectivity index (χ1n) is 2.83. The van der Waals surface area contributed by atoms with Crippen molar-refractivity contribution >= 4 is 17.5 Å². The summed E-state index contributed by atoms with van der Waals surface area (Å²) in [6.07, 6.45) is 0. The highest BCUT2D eigenvalue weighted by atomic mass is 35.5. The summed E-state index contributed by atoms with van der Waals surface area (Å²) in [5.41, 5.74) is -0.297. The molecule has 5 heteroatoms. The van der Waals surface area contributed by atoms with E-state index in [1.54, 1.807) is 0 Å². The number of quaternary nitrogens is 1. The fraction of sp³-hybridized carbons (Fsp3) is 0. The Balaban J connectivity index is 3.14. The average molecular weight is 176 g/mol. The summed E-state index contributed by atoms with van der Waals surface area (Å²) in [4.78, 5) is 0. The van der Waals surface area contributed by atoms with E-state index in [0.29, 0.717) is 0 Å². The van der Waals surface area contributed by atoms with Gasteiger partial charge in [-0.05, 0) is 6.07 Å². The quantitative estimate of drug-likeness (QED) is 0.505. The monoisotopic (exact) mass is 175 g/mol. The Kier molecular flexibility index (Phi) is 2.01. The normalized spacial score (nSPS) is 15.9. The second kappa shape index (κ2) is 2.67. The van der Waals surface area contributed by atoms with Crippen LogP contribution in [0.25, 0.3) is 0 Å². The molecule has 0 aliphatic rings. The molecule has 0 bridgehead atoms. The van der Waals surface area contributed by atoms with Gasteiger partial charge in [-0.2, -0.15) is 5.21 Å². The number of halogens is 1. The molecule has 0 fully saturated rings. The molecule has 60 valence electrons. The van der Waals surface area contributed by atoms with Crippen molar-refractivity contribution in [2.75, 3.05) is 0 Å². The van der Waals surface area contributed by atoms with Gasteiger partial charge in [0.25, 0.3) is 0 Å². The van der Waals surface area contributed by atoms with Gasteiger partial charge >= 0.3 is 0 Å². The third-order valence-corrected chi connectivity index (χ3v) is 1.36.